The maximum absolute atomic E-state index is 13.2. The number of carbonyl (C=O) groups is 1. The molecule has 164 valence electrons. The number of fused-ring (bicyclic) bond motifs is 1. The molecule has 2 aromatic heterocycles. The third-order valence-electron chi connectivity index (χ3n) is 4.89. The molecule has 4 rings (SSSR count). The van der Waals surface area contributed by atoms with E-state index < -0.39 is 0 Å². The first-order valence-corrected chi connectivity index (χ1v) is 11.0. The number of hydrogen-bond donors (Lipinski definition) is 2. The van der Waals surface area contributed by atoms with Crippen molar-refractivity contribution in [2.75, 3.05) is 18.5 Å². The predicted molar refractivity (Wildman–Crippen MR) is 127 cm³/mol. The van der Waals surface area contributed by atoms with Crippen LogP contribution >= 0.6 is 24.0 Å². The number of halogens is 1. The Hall–Kier alpha value is -3.08. The van der Waals surface area contributed by atoms with Crippen LogP contribution in [-0.4, -0.2) is 42.8 Å². The number of anilines is 1. The van der Waals surface area contributed by atoms with E-state index in [1.54, 1.807) is 24.4 Å². The highest BCUT2D eigenvalue weighted by atomic mass is 32.2. The molecule has 7 nitrogen and oxygen atoms in total. The number of thioether (sulfide) groups is 1. The lowest BCUT2D eigenvalue weighted by molar-refractivity contribution is -0.122. The normalized spacial score (nSPS) is 15.2. The Kier molecular flexibility index (Phi) is 6.35. The smallest absolute Gasteiger partial charge is 0.267 e. The fourth-order valence-corrected chi connectivity index (χ4v) is 4.53. The minimum absolute atomic E-state index is 0.145. The van der Waals surface area contributed by atoms with Crippen LogP contribution in [0.1, 0.15) is 16.7 Å². The van der Waals surface area contributed by atoms with Gasteiger partial charge in [-0.3, -0.25) is 18.9 Å². The molecule has 0 atom stereocenters. The predicted octanol–water partition coefficient (Wildman–Crippen LogP) is 2.95. The van der Waals surface area contributed by atoms with Gasteiger partial charge in [0.15, 0.2) is 0 Å². The van der Waals surface area contributed by atoms with Crippen molar-refractivity contribution in [3.05, 3.63) is 80.4 Å². The molecule has 32 heavy (non-hydrogen) atoms. The van der Waals surface area contributed by atoms with Crippen LogP contribution in [0.15, 0.2) is 52.3 Å². The van der Waals surface area contributed by atoms with Crippen molar-refractivity contribution in [2.45, 2.75) is 13.5 Å². The first-order valence-electron chi connectivity index (χ1n) is 9.75. The molecule has 0 spiro atoms. The van der Waals surface area contributed by atoms with E-state index in [0.29, 0.717) is 9.97 Å². The number of benzene rings is 1. The van der Waals surface area contributed by atoms with Crippen LogP contribution in [0.3, 0.4) is 0 Å². The van der Waals surface area contributed by atoms with Crippen molar-refractivity contribution in [3.8, 4) is 0 Å². The number of carbonyl (C=O) groups excluding carboxylic acids is 1. The second-order valence-electron chi connectivity index (χ2n) is 7.11. The monoisotopic (exact) mass is 470 g/mol. The number of rotatable bonds is 6. The van der Waals surface area contributed by atoms with Crippen molar-refractivity contribution >= 4 is 51.7 Å². The number of pyridine rings is 1. The number of nitrogens with one attached hydrogen (secondary N) is 1. The van der Waals surface area contributed by atoms with Gasteiger partial charge in [-0.25, -0.2) is 9.37 Å². The molecular weight excluding hydrogens is 451 g/mol. The van der Waals surface area contributed by atoms with Crippen LogP contribution in [0.2, 0.25) is 0 Å². The number of aliphatic hydroxyl groups excluding tert-OH is 1. The largest absolute Gasteiger partial charge is 0.395 e. The lowest BCUT2D eigenvalue weighted by Gasteiger charge is -2.14. The van der Waals surface area contributed by atoms with E-state index in [1.165, 1.54) is 27.5 Å². The number of nitrogens with zero attached hydrogens (tertiary/aromatic N) is 3. The Bertz CT molecular complexity index is 1310. The highest BCUT2D eigenvalue weighted by molar-refractivity contribution is 8.26. The molecule has 1 aliphatic heterocycles. The van der Waals surface area contributed by atoms with Gasteiger partial charge in [-0.2, -0.15) is 0 Å². The van der Waals surface area contributed by atoms with Crippen molar-refractivity contribution in [3.63, 3.8) is 0 Å². The third-order valence-corrected chi connectivity index (χ3v) is 6.27. The van der Waals surface area contributed by atoms with Gasteiger partial charge < -0.3 is 10.4 Å². The van der Waals surface area contributed by atoms with Crippen LogP contribution in [0, 0.1) is 12.7 Å². The molecule has 1 saturated heterocycles. The van der Waals surface area contributed by atoms with Gasteiger partial charge >= 0.3 is 0 Å². The number of aliphatic hydroxyl groups is 1. The van der Waals surface area contributed by atoms with E-state index >= 15 is 0 Å². The molecule has 0 bridgehead atoms. The molecule has 0 aliphatic carbocycles. The molecule has 10 heteroatoms. The third kappa shape index (κ3) is 4.29. The van der Waals surface area contributed by atoms with Crippen molar-refractivity contribution < 1.29 is 14.3 Å². The van der Waals surface area contributed by atoms with Crippen LogP contribution < -0.4 is 10.9 Å². The summed E-state index contributed by atoms with van der Waals surface area (Å²) in [6.45, 7) is 2.10. The Morgan fingerprint density at radius 2 is 2.00 bits per heavy atom. The first-order chi connectivity index (χ1) is 15.4. The summed E-state index contributed by atoms with van der Waals surface area (Å²) in [5.74, 6) is -0.421. The lowest BCUT2D eigenvalue weighted by Crippen LogP contribution is -2.27. The quantitative estimate of drug-likeness (QED) is 0.423. The minimum Gasteiger partial charge on any atom is -0.395 e. The summed E-state index contributed by atoms with van der Waals surface area (Å²) in [6.07, 6.45) is 3.10. The molecule has 1 aromatic carbocycles. The van der Waals surface area contributed by atoms with Gasteiger partial charge in [-0.15, -0.1) is 0 Å². The standard InChI is InChI=1S/C22H19FN4O3S2/c1-13-3-2-9-26-19(13)25-18(24-8-10-28)16(20(26)29)11-17-21(30)27(22(31)32-17)12-14-4-6-15(23)7-5-14/h2-7,9,11,24,28H,8,10,12H2,1H3. The Labute approximate surface area is 192 Å². The van der Waals surface area contributed by atoms with Crippen molar-refractivity contribution in [1.29, 1.82) is 0 Å². The molecule has 2 N–H and O–H groups in total. The molecule has 3 aromatic rings. The zero-order valence-electron chi connectivity index (χ0n) is 17.0. The Morgan fingerprint density at radius 1 is 1.25 bits per heavy atom. The van der Waals surface area contributed by atoms with Crippen LogP contribution in [-0.2, 0) is 11.3 Å². The van der Waals surface area contributed by atoms with E-state index in [0.717, 1.165) is 22.9 Å². The van der Waals surface area contributed by atoms with E-state index in [4.69, 9.17) is 12.2 Å². The van der Waals surface area contributed by atoms with Gasteiger partial charge in [-0.1, -0.05) is 42.2 Å². The molecule has 0 radical (unpaired) electrons. The summed E-state index contributed by atoms with van der Waals surface area (Å²) < 4.78 is 14.9. The van der Waals surface area contributed by atoms with Gasteiger partial charge in [0.1, 0.15) is 21.6 Å². The lowest BCUT2D eigenvalue weighted by atomic mass is 10.2. The number of aryl methyl sites for hydroxylation is 1. The maximum Gasteiger partial charge on any atom is 0.267 e. The number of aromatic nitrogens is 2. The number of thiocarbonyl (C=S) groups is 1. The van der Waals surface area contributed by atoms with Crippen molar-refractivity contribution in [2.24, 2.45) is 0 Å². The molecule has 1 aliphatic rings. The second kappa shape index (κ2) is 9.19. The SMILES string of the molecule is Cc1cccn2c(=O)c(C=C3SC(=S)N(Cc4ccc(F)cc4)C3=O)c(NCCO)nc12. The Balaban J connectivity index is 1.74. The van der Waals surface area contributed by atoms with E-state index in [1.807, 2.05) is 13.0 Å². The van der Waals surface area contributed by atoms with Crippen LogP contribution in [0.4, 0.5) is 10.2 Å². The molecule has 1 amide bonds. The summed E-state index contributed by atoms with van der Waals surface area (Å²) >= 11 is 6.46. The summed E-state index contributed by atoms with van der Waals surface area (Å²) in [4.78, 5) is 32.5. The summed E-state index contributed by atoms with van der Waals surface area (Å²) in [5, 5.41) is 12.2. The summed E-state index contributed by atoms with van der Waals surface area (Å²) in [6, 6.07) is 9.43. The van der Waals surface area contributed by atoms with Gasteiger partial charge in [0.25, 0.3) is 11.5 Å². The van der Waals surface area contributed by atoms with Gasteiger partial charge in [0.05, 0.1) is 23.6 Å². The molecule has 0 unspecified atom stereocenters. The van der Waals surface area contributed by atoms with Gasteiger partial charge in [-0.05, 0) is 42.3 Å². The van der Waals surface area contributed by atoms with Gasteiger partial charge in [0.2, 0.25) is 0 Å². The average Bonchev–Trinajstić information content (AvgIpc) is 3.04. The fraction of sp³-hybridized carbons (Fsp3) is 0.182. The van der Waals surface area contributed by atoms with Crippen molar-refractivity contribution in [1.82, 2.24) is 14.3 Å². The number of hydrogen-bond acceptors (Lipinski definition) is 7. The molecule has 0 saturated carbocycles. The highest BCUT2D eigenvalue weighted by Gasteiger charge is 2.32. The maximum atomic E-state index is 13.2. The fourth-order valence-electron chi connectivity index (χ4n) is 3.29. The molecule has 1 fully saturated rings. The van der Waals surface area contributed by atoms with E-state index in [-0.39, 0.29) is 53.3 Å². The van der Waals surface area contributed by atoms with E-state index in [9.17, 15) is 19.1 Å². The summed E-state index contributed by atoms with van der Waals surface area (Å²) in [7, 11) is 0. The average molecular weight is 471 g/mol. The zero-order valence-corrected chi connectivity index (χ0v) is 18.7. The molecule has 3 heterocycles. The Morgan fingerprint density at radius 3 is 2.72 bits per heavy atom. The highest BCUT2D eigenvalue weighted by Crippen LogP contribution is 2.34. The second-order valence-corrected chi connectivity index (χ2v) is 8.78. The summed E-state index contributed by atoms with van der Waals surface area (Å²) in [5.41, 5.74) is 1.89. The molecular formula is C22H19FN4O3S2. The van der Waals surface area contributed by atoms with Crippen LogP contribution in [0.25, 0.3) is 11.7 Å². The number of amides is 1. The zero-order chi connectivity index (χ0) is 22.8. The minimum atomic E-state index is -0.360. The van der Waals surface area contributed by atoms with Gasteiger partial charge in [0, 0.05) is 12.7 Å². The first kappa shape index (κ1) is 22.1. The topological polar surface area (TPSA) is 86.9 Å². The van der Waals surface area contributed by atoms with E-state index in [2.05, 4.69) is 10.3 Å². The van der Waals surface area contributed by atoms with Crippen LogP contribution in [0.5, 0.6) is 0 Å².